The molecule has 4 nitrogen and oxygen atoms in total. The van der Waals surface area contributed by atoms with Crippen molar-refractivity contribution in [1.29, 1.82) is 0 Å². The van der Waals surface area contributed by atoms with E-state index >= 15 is 0 Å². The van der Waals surface area contributed by atoms with Crippen molar-refractivity contribution in [2.45, 2.75) is 25.8 Å². The highest BCUT2D eigenvalue weighted by Gasteiger charge is 2.27. The third kappa shape index (κ3) is 3.52. The Hall–Kier alpha value is -1.07. The van der Waals surface area contributed by atoms with Gasteiger partial charge in [0, 0.05) is 30.1 Å². The summed E-state index contributed by atoms with van der Waals surface area (Å²) in [7, 11) is 0. The van der Waals surface area contributed by atoms with Crippen LogP contribution in [-0.4, -0.2) is 35.7 Å². The fourth-order valence-corrected chi connectivity index (χ4v) is 3.13. The predicted octanol–water partition coefficient (Wildman–Crippen LogP) is 2.92. The molecule has 2 atom stereocenters. The van der Waals surface area contributed by atoms with Crippen LogP contribution in [-0.2, 0) is 0 Å². The zero-order valence-corrected chi connectivity index (χ0v) is 13.3. The molecule has 5 heteroatoms. The van der Waals surface area contributed by atoms with E-state index < -0.39 is 0 Å². The van der Waals surface area contributed by atoms with Crippen molar-refractivity contribution in [3.63, 3.8) is 0 Å². The second-order valence-corrected chi connectivity index (χ2v) is 6.07. The largest absolute Gasteiger partial charge is 0.396 e. The van der Waals surface area contributed by atoms with E-state index in [0.29, 0.717) is 6.54 Å². The maximum Gasteiger partial charge on any atom is 0.317 e. The van der Waals surface area contributed by atoms with Gasteiger partial charge in [-0.15, -0.1) is 0 Å². The Morgan fingerprint density at radius 1 is 1.55 bits per heavy atom. The fraction of sp³-hybridized carbons (Fsp3) is 0.533. The highest BCUT2D eigenvalue weighted by molar-refractivity contribution is 9.10. The van der Waals surface area contributed by atoms with Crippen molar-refractivity contribution in [2.75, 3.05) is 19.7 Å². The Labute approximate surface area is 128 Å². The molecule has 1 heterocycles. The average Bonchev–Trinajstić information content (AvgIpc) is 2.94. The fourth-order valence-electron chi connectivity index (χ4n) is 2.56. The molecule has 1 aromatic carbocycles. The number of urea groups is 1. The number of hydrogen-bond donors (Lipinski definition) is 2. The van der Waals surface area contributed by atoms with Crippen molar-refractivity contribution in [1.82, 2.24) is 10.2 Å². The van der Waals surface area contributed by atoms with Crippen LogP contribution in [0.4, 0.5) is 4.79 Å². The van der Waals surface area contributed by atoms with Gasteiger partial charge in [-0.2, -0.15) is 0 Å². The lowest BCUT2D eigenvalue weighted by Crippen LogP contribution is -2.40. The lowest BCUT2D eigenvalue weighted by Gasteiger charge is -2.23. The highest BCUT2D eigenvalue weighted by atomic mass is 79.9. The van der Waals surface area contributed by atoms with Crippen molar-refractivity contribution in [3.05, 3.63) is 34.3 Å². The van der Waals surface area contributed by atoms with Gasteiger partial charge in [0.15, 0.2) is 0 Å². The molecule has 1 saturated heterocycles. The van der Waals surface area contributed by atoms with Gasteiger partial charge in [0.05, 0.1) is 6.04 Å². The molecule has 0 aromatic heterocycles. The third-order valence-electron chi connectivity index (χ3n) is 3.82. The van der Waals surface area contributed by atoms with Gasteiger partial charge >= 0.3 is 6.03 Å². The van der Waals surface area contributed by atoms with E-state index in [9.17, 15) is 4.79 Å². The maximum atomic E-state index is 12.3. The SMILES string of the molecule is CCC(NC(=O)N1CCC(CO)C1)c1ccccc1Br. The molecule has 2 unspecified atom stereocenters. The monoisotopic (exact) mass is 340 g/mol. The Morgan fingerprint density at radius 2 is 2.30 bits per heavy atom. The zero-order chi connectivity index (χ0) is 14.5. The third-order valence-corrected chi connectivity index (χ3v) is 4.54. The minimum atomic E-state index is -0.0384. The van der Waals surface area contributed by atoms with Crippen LogP contribution < -0.4 is 5.32 Å². The van der Waals surface area contributed by atoms with Crippen molar-refractivity contribution in [2.24, 2.45) is 5.92 Å². The van der Waals surface area contributed by atoms with E-state index in [1.807, 2.05) is 24.3 Å². The van der Waals surface area contributed by atoms with Crippen molar-refractivity contribution >= 4 is 22.0 Å². The lowest BCUT2D eigenvalue weighted by molar-refractivity contribution is 0.194. The standard InChI is InChI=1S/C15H21BrN2O2/c1-2-14(12-5-3-4-6-13(12)16)17-15(20)18-8-7-11(9-18)10-19/h3-6,11,14,19H,2,7-10H2,1H3,(H,17,20). The Balaban J connectivity index is 2.00. The molecule has 110 valence electrons. The number of hydrogen-bond acceptors (Lipinski definition) is 2. The van der Waals surface area contributed by atoms with Gasteiger partial charge in [-0.1, -0.05) is 41.1 Å². The molecule has 0 spiro atoms. The topological polar surface area (TPSA) is 52.6 Å². The first kappa shape index (κ1) is 15.3. The molecule has 2 N–H and O–H groups in total. The molecule has 2 amide bonds. The Morgan fingerprint density at radius 3 is 2.90 bits per heavy atom. The van der Waals surface area contributed by atoms with Crippen molar-refractivity contribution < 1.29 is 9.90 Å². The van der Waals surface area contributed by atoms with Crippen LogP contribution in [0.25, 0.3) is 0 Å². The molecule has 2 rings (SSSR count). The molecule has 20 heavy (non-hydrogen) atoms. The number of carbonyl (C=O) groups excluding carboxylic acids is 1. The molecule has 1 fully saturated rings. The van der Waals surface area contributed by atoms with Crippen LogP contribution in [0.1, 0.15) is 31.4 Å². The van der Waals surface area contributed by atoms with Gasteiger partial charge < -0.3 is 15.3 Å². The van der Waals surface area contributed by atoms with Gasteiger partial charge in [-0.3, -0.25) is 0 Å². The summed E-state index contributed by atoms with van der Waals surface area (Å²) >= 11 is 3.53. The quantitative estimate of drug-likeness (QED) is 0.885. The maximum absolute atomic E-state index is 12.3. The summed E-state index contributed by atoms with van der Waals surface area (Å²) in [4.78, 5) is 14.1. The smallest absolute Gasteiger partial charge is 0.317 e. The van der Waals surface area contributed by atoms with Gasteiger partial charge in [-0.25, -0.2) is 4.79 Å². The van der Waals surface area contributed by atoms with Crippen LogP contribution >= 0.6 is 15.9 Å². The number of nitrogens with one attached hydrogen (secondary N) is 1. The van der Waals surface area contributed by atoms with Gasteiger partial charge in [0.2, 0.25) is 0 Å². The highest BCUT2D eigenvalue weighted by Crippen LogP contribution is 2.26. The summed E-state index contributed by atoms with van der Waals surface area (Å²) in [6, 6.07) is 7.93. The number of amides is 2. The number of nitrogens with zero attached hydrogens (tertiary/aromatic N) is 1. The first-order valence-corrected chi connectivity index (χ1v) is 7.85. The molecule has 0 saturated carbocycles. The van der Waals surface area contributed by atoms with E-state index in [-0.39, 0.29) is 24.6 Å². The number of carbonyl (C=O) groups is 1. The van der Waals surface area contributed by atoms with Crippen LogP contribution in [0.2, 0.25) is 0 Å². The summed E-state index contributed by atoms with van der Waals surface area (Å²) < 4.78 is 1.02. The summed E-state index contributed by atoms with van der Waals surface area (Å²) in [5, 5.41) is 12.2. The normalized spacial score (nSPS) is 19.9. The summed E-state index contributed by atoms with van der Waals surface area (Å²) in [6.45, 7) is 3.59. The van der Waals surface area contributed by atoms with Crippen LogP contribution in [0.3, 0.4) is 0 Å². The summed E-state index contributed by atoms with van der Waals surface area (Å²) in [5.74, 6) is 0.226. The molecular formula is C15H21BrN2O2. The van der Waals surface area contributed by atoms with Gasteiger partial charge in [0.25, 0.3) is 0 Å². The van der Waals surface area contributed by atoms with Crippen LogP contribution in [0.5, 0.6) is 0 Å². The number of aliphatic hydroxyl groups is 1. The molecule has 0 aliphatic carbocycles. The van der Waals surface area contributed by atoms with E-state index in [0.717, 1.165) is 29.4 Å². The molecule has 1 aromatic rings. The first-order chi connectivity index (χ1) is 9.65. The molecule has 0 radical (unpaired) electrons. The van der Waals surface area contributed by atoms with Crippen LogP contribution in [0, 0.1) is 5.92 Å². The summed E-state index contributed by atoms with van der Waals surface area (Å²) in [6.07, 6.45) is 1.72. The number of rotatable bonds is 4. The minimum absolute atomic E-state index is 0.00579. The van der Waals surface area contributed by atoms with E-state index in [1.165, 1.54) is 0 Å². The van der Waals surface area contributed by atoms with E-state index in [2.05, 4.69) is 28.2 Å². The number of halogens is 1. The van der Waals surface area contributed by atoms with Crippen molar-refractivity contribution in [3.8, 4) is 0 Å². The molecular weight excluding hydrogens is 320 g/mol. The second-order valence-electron chi connectivity index (χ2n) is 5.22. The lowest BCUT2D eigenvalue weighted by atomic mass is 10.1. The van der Waals surface area contributed by atoms with Gasteiger partial charge in [0.1, 0.15) is 0 Å². The number of aliphatic hydroxyl groups excluding tert-OH is 1. The minimum Gasteiger partial charge on any atom is -0.396 e. The van der Waals surface area contributed by atoms with Gasteiger partial charge in [-0.05, 0) is 24.5 Å². The van der Waals surface area contributed by atoms with E-state index in [1.54, 1.807) is 4.90 Å². The number of benzene rings is 1. The molecule has 1 aliphatic heterocycles. The Bertz CT molecular complexity index is 467. The van der Waals surface area contributed by atoms with E-state index in [4.69, 9.17) is 5.11 Å². The number of likely N-dealkylation sites (tertiary alicyclic amines) is 1. The molecule has 0 bridgehead atoms. The average molecular weight is 341 g/mol. The summed E-state index contributed by atoms with van der Waals surface area (Å²) in [5.41, 5.74) is 1.10. The Kier molecular flexibility index (Phi) is 5.43. The second kappa shape index (κ2) is 7.09. The first-order valence-electron chi connectivity index (χ1n) is 7.06. The zero-order valence-electron chi connectivity index (χ0n) is 11.7. The predicted molar refractivity (Wildman–Crippen MR) is 82.5 cm³/mol. The molecule has 1 aliphatic rings. The van der Waals surface area contributed by atoms with Crippen LogP contribution in [0.15, 0.2) is 28.7 Å².